The average Bonchev–Trinajstić information content (AvgIpc) is 2.50. The molecule has 0 aromatic rings. The zero-order valence-electron chi connectivity index (χ0n) is 16.6. The number of rotatable bonds is 10. The average molecular weight is 337 g/mol. The first kappa shape index (κ1) is 20.8. The van der Waals surface area contributed by atoms with E-state index in [1.165, 1.54) is 87.9 Å². The van der Waals surface area contributed by atoms with Gasteiger partial charge in [-0.2, -0.15) is 0 Å². The molecule has 0 saturated carbocycles. The van der Waals surface area contributed by atoms with E-state index in [0.29, 0.717) is 0 Å². The minimum atomic E-state index is -0.830. The van der Waals surface area contributed by atoms with E-state index < -0.39 is 8.07 Å². The van der Waals surface area contributed by atoms with E-state index in [4.69, 9.17) is 0 Å². The summed E-state index contributed by atoms with van der Waals surface area (Å²) in [6, 6.07) is 1.50. The maximum absolute atomic E-state index is 3.55. The van der Waals surface area contributed by atoms with E-state index in [-0.39, 0.29) is 0 Å². The first-order valence-corrected chi connectivity index (χ1v) is 14.0. The molecule has 1 saturated heterocycles. The van der Waals surface area contributed by atoms with Crippen LogP contribution in [-0.2, 0) is 0 Å². The normalized spacial score (nSPS) is 17.6. The lowest BCUT2D eigenvalue weighted by Crippen LogP contribution is -2.52. The number of quaternary nitrogens is 1. The first-order chi connectivity index (χ1) is 11.0. The minimum Gasteiger partial charge on any atom is -0.314 e. The lowest BCUT2D eigenvalue weighted by Gasteiger charge is -2.40. The maximum Gasteiger partial charge on any atom is 0.140 e. The molecule has 23 heavy (non-hydrogen) atoms. The van der Waals surface area contributed by atoms with Gasteiger partial charge in [0.25, 0.3) is 0 Å². The van der Waals surface area contributed by atoms with E-state index in [0.717, 1.165) is 13.0 Å². The standard InChI is InChI=1S/C21H42NSi/c1-5-6-7-8-9-12-17-22(18-13-10-14-19-22)20-15-11-16-21-23(2,3)4/h5-8,10-11,13-21H2,1-4H3/q+1. The lowest BCUT2D eigenvalue weighted by atomic mass is 10.1. The van der Waals surface area contributed by atoms with Gasteiger partial charge < -0.3 is 4.48 Å². The molecule has 1 rings (SSSR count). The molecule has 0 bridgehead atoms. The Morgan fingerprint density at radius 3 is 2.22 bits per heavy atom. The van der Waals surface area contributed by atoms with Crippen LogP contribution in [0, 0.1) is 11.8 Å². The number of likely N-dealkylation sites (tertiary alicyclic amines) is 1. The zero-order chi connectivity index (χ0) is 17.0. The van der Waals surface area contributed by atoms with Crippen molar-refractivity contribution in [3.8, 4) is 11.8 Å². The highest BCUT2D eigenvalue weighted by molar-refractivity contribution is 6.76. The van der Waals surface area contributed by atoms with Crippen molar-refractivity contribution in [1.29, 1.82) is 0 Å². The van der Waals surface area contributed by atoms with Gasteiger partial charge in [0.05, 0.1) is 19.6 Å². The predicted molar refractivity (Wildman–Crippen MR) is 108 cm³/mol. The molecule has 1 nitrogen and oxygen atoms in total. The van der Waals surface area contributed by atoms with Crippen molar-refractivity contribution < 1.29 is 4.48 Å². The molecule has 0 spiro atoms. The molecule has 0 unspecified atom stereocenters. The summed E-state index contributed by atoms with van der Waals surface area (Å²) in [5.74, 6) is 7.00. The smallest absolute Gasteiger partial charge is 0.140 e. The van der Waals surface area contributed by atoms with Crippen molar-refractivity contribution in [3.05, 3.63) is 0 Å². The van der Waals surface area contributed by atoms with Gasteiger partial charge in [-0.1, -0.05) is 57.8 Å². The second kappa shape index (κ2) is 11.3. The van der Waals surface area contributed by atoms with Crippen LogP contribution < -0.4 is 0 Å². The van der Waals surface area contributed by atoms with Crippen molar-refractivity contribution in [3.63, 3.8) is 0 Å². The van der Waals surface area contributed by atoms with Crippen LogP contribution >= 0.6 is 0 Å². The fraction of sp³-hybridized carbons (Fsp3) is 0.905. The molecule has 1 aliphatic rings. The Morgan fingerprint density at radius 1 is 0.826 bits per heavy atom. The quantitative estimate of drug-likeness (QED) is 0.196. The highest BCUT2D eigenvalue weighted by atomic mass is 28.3. The third kappa shape index (κ3) is 10.3. The molecule has 0 radical (unpaired) electrons. The molecule has 0 N–H and O–H groups in total. The molecule has 2 heteroatoms. The molecule has 0 aromatic carbocycles. The fourth-order valence-corrected chi connectivity index (χ4v) is 5.01. The number of unbranched alkanes of at least 4 members (excludes halogenated alkanes) is 5. The van der Waals surface area contributed by atoms with Crippen LogP contribution in [0.25, 0.3) is 0 Å². The second-order valence-corrected chi connectivity index (χ2v) is 14.5. The van der Waals surface area contributed by atoms with Crippen LogP contribution in [0.15, 0.2) is 0 Å². The maximum atomic E-state index is 3.55. The summed E-state index contributed by atoms with van der Waals surface area (Å²) in [7, 11) is -0.830. The Bertz CT molecular complexity index is 352. The van der Waals surface area contributed by atoms with Gasteiger partial charge in [-0.3, -0.25) is 0 Å². The Hall–Kier alpha value is -0.263. The summed E-state index contributed by atoms with van der Waals surface area (Å²) in [6.07, 6.45) is 13.7. The number of hydrogen-bond acceptors (Lipinski definition) is 0. The Labute approximate surface area is 147 Å². The first-order valence-electron chi connectivity index (χ1n) is 10.3. The van der Waals surface area contributed by atoms with Crippen molar-refractivity contribution in [1.82, 2.24) is 0 Å². The highest BCUT2D eigenvalue weighted by Gasteiger charge is 2.28. The lowest BCUT2D eigenvalue weighted by molar-refractivity contribution is -0.926. The number of piperidine rings is 1. The van der Waals surface area contributed by atoms with E-state index in [9.17, 15) is 0 Å². The van der Waals surface area contributed by atoms with Crippen LogP contribution in [0.1, 0.15) is 71.1 Å². The van der Waals surface area contributed by atoms with Crippen molar-refractivity contribution in [2.24, 2.45) is 0 Å². The van der Waals surface area contributed by atoms with Gasteiger partial charge in [0.15, 0.2) is 0 Å². The molecule has 0 amide bonds. The number of hydrogen-bond donors (Lipinski definition) is 0. The van der Waals surface area contributed by atoms with Gasteiger partial charge in [0.2, 0.25) is 0 Å². The van der Waals surface area contributed by atoms with Gasteiger partial charge in [-0.25, -0.2) is 0 Å². The fourth-order valence-electron chi connectivity index (χ4n) is 3.70. The van der Waals surface area contributed by atoms with E-state index >= 15 is 0 Å². The Balaban J connectivity index is 2.32. The van der Waals surface area contributed by atoms with Crippen LogP contribution in [0.5, 0.6) is 0 Å². The summed E-state index contributed by atoms with van der Waals surface area (Å²) in [6.45, 7) is 15.0. The molecule has 1 aliphatic heterocycles. The number of nitrogens with zero attached hydrogens (tertiary/aromatic N) is 1. The third-order valence-electron chi connectivity index (χ3n) is 5.27. The Morgan fingerprint density at radius 2 is 1.57 bits per heavy atom. The molecule has 1 fully saturated rings. The summed E-state index contributed by atoms with van der Waals surface area (Å²) in [4.78, 5) is 0. The highest BCUT2D eigenvalue weighted by Crippen LogP contribution is 2.21. The SMILES string of the molecule is CCCCCC#CC[N+]1(CCCCC[Si](C)(C)C)CCCCC1. The molecule has 1 heterocycles. The zero-order valence-corrected chi connectivity index (χ0v) is 17.6. The van der Waals surface area contributed by atoms with Crippen molar-refractivity contribution in [2.45, 2.75) is 96.8 Å². The van der Waals surface area contributed by atoms with Crippen molar-refractivity contribution >= 4 is 8.07 Å². The van der Waals surface area contributed by atoms with Crippen molar-refractivity contribution in [2.75, 3.05) is 26.2 Å². The van der Waals surface area contributed by atoms with Gasteiger partial charge in [0.1, 0.15) is 6.54 Å². The molecule has 0 aliphatic carbocycles. The topological polar surface area (TPSA) is 0 Å². The van der Waals surface area contributed by atoms with E-state index in [1.54, 1.807) is 0 Å². The summed E-state index contributed by atoms with van der Waals surface area (Å²) >= 11 is 0. The minimum absolute atomic E-state index is 0.830. The molecule has 0 aromatic heterocycles. The van der Waals surface area contributed by atoms with Crippen LogP contribution in [-0.4, -0.2) is 38.7 Å². The van der Waals surface area contributed by atoms with Gasteiger partial charge in [-0.15, -0.1) is 0 Å². The van der Waals surface area contributed by atoms with Gasteiger partial charge in [-0.05, 0) is 44.4 Å². The predicted octanol–water partition coefficient (Wildman–Crippen LogP) is 6.08. The van der Waals surface area contributed by atoms with E-state index in [2.05, 4.69) is 38.4 Å². The summed E-state index contributed by atoms with van der Waals surface area (Å²) in [5.41, 5.74) is 0. The second-order valence-electron chi connectivity index (χ2n) is 8.91. The van der Waals surface area contributed by atoms with Crippen LogP contribution in [0.4, 0.5) is 0 Å². The molecular weight excluding hydrogens is 294 g/mol. The molecule has 134 valence electrons. The van der Waals surface area contributed by atoms with Gasteiger partial charge in [0, 0.05) is 14.5 Å². The Kier molecular flexibility index (Phi) is 10.2. The molecular formula is C21H42NSi+. The summed E-state index contributed by atoms with van der Waals surface area (Å²) in [5, 5.41) is 0. The van der Waals surface area contributed by atoms with Gasteiger partial charge >= 0.3 is 0 Å². The molecule has 0 atom stereocenters. The largest absolute Gasteiger partial charge is 0.314 e. The van der Waals surface area contributed by atoms with Crippen LogP contribution in [0.3, 0.4) is 0 Å². The monoisotopic (exact) mass is 336 g/mol. The van der Waals surface area contributed by atoms with Crippen LogP contribution in [0.2, 0.25) is 25.7 Å². The summed E-state index contributed by atoms with van der Waals surface area (Å²) < 4.78 is 1.31. The third-order valence-corrected chi connectivity index (χ3v) is 7.12. The van der Waals surface area contributed by atoms with E-state index in [1.807, 2.05) is 0 Å².